The molecule has 47 heavy (non-hydrogen) atoms. The highest BCUT2D eigenvalue weighted by Gasteiger charge is 2.35. The van der Waals surface area contributed by atoms with Crippen LogP contribution in [0.5, 0.6) is 0 Å². The predicted octanol–water partition coefficient (Wildman–Crippen LogP) is 13.3. The lowest BCUT2D eigenvalue weighted by molar-refractivity contribution is 0.660. The Morgan fingerprint density at radius 1 is 0.426 bits per heavy atom. The van der Waals surface area contributed by atoms with Gasteiger partial charge in [0.1, 0.15) is 0 Å². The molecule has 0 fully saturated rings. The Morgan fingerprint density at radius 3 is 1.96 bits per heavy atom. The van der Waals surface area contributed by atoms with E-state index in [4.69, 9.17) is 0 Å². The van der Waals surface area contributed by atoms with Gasteiger partial charge < -0.3 is 4.90 Å². The third kappa shape index (κ3) is 3.89. The van der Waals surface area contributed by atoms with Crippen molar-refractivity contribution in [2.45, 2.75) is 19.3 Å². The van der Waals surface area contributed by atoms with E-state index in [0.717, 1.165) is 11.4 Å². The first-order valence-electron chi connectivity index (χ1n) is 16.3. The zero-order valence-electron chi connectivity index (χ0n) is 26.3. The quantitative estimate of drug-likeness (QED) is 0.178. The number of thiophene rings is 1. The Bertz CT molecular complexity index is 2730. The SMILES string of the molecule is CC1(C)c2ccccc2-c2cc(N(c3ccc4c(ccc5ccc6ccccc6c54)c3)c3ccc4sc5ccccc5c4c3)ccc21. The van der Waals surface area contributed by atoms with Crippen LogP contribution in [0, 0.1) is 0 Å². The molecule has 0 saturated heterocycles. The van der Waals surface area contributed by atoms with E-state index < -0.39 is 0 Å². The van der Waals surface area contributed by atoms with Gasteiger partial charge in [-0.05, 0) is 103 Å². The van der Waals surface area contributed by atoms with E-state index in [9.17, 15) is 0 Å². The fourth-order valence-electron chi connectivity index (χ4n) is 8.11. The molecule has 0 saturated carbocycles. The minimum absolute atomic E-state index is 0.0312. The molecule has 1 nitrogen and oxygen atoms in total. The molecule has 1 aromatic heterocycles. The van der Waals surface area contributed by atoms with Crippen molar-refractivity contribution in [1.82, 2.24) is 0 Å². The molecule has 0 radical (unpaired) electrons. The van der Waals surface area contributed by atoms with Gasteiger partial charge in [0.2, 0.25) is 0 Å². The molecule has 0 bridgehead atoms. The molecule has 0 N–H and O–H groups in total. The van der Waals surface area contributed by atoms with Crippen molar-refractivity contribution < 1.29 is 0 Å². The highest BCUT2D eigenvalue weighted by molar-refractivity contribution is 7.25. The summed E-state index contributed by atoms with van der Waals surface area (Å²) in [5.41, 5.74) is 8.91. The number of benzene rings is 8. The van der Waals surface area contributed by atoms with E-state index in [1.807, 2.05) is 11.3 Å². The fourth-order valence-corrected chi connectivity index (χ4v) is 9.20. The molecule has 1 aliphatic rings. The van der Waals surface area contributed by atoms with E-state index in [1.54, 1.807) is 0 Å². The van der Waals surface area contributed by atoms with Crippen molar-refractivity contribution >= 4 is 80.9 Å². The molecule has 0 unspecified atom stereocenters. The lowest BCUT2D eigenvalue weighted by Crippen LogP contribution is -2.15. The Balaban J connectivity index is 1.22. The lowest BCUT2D eigenvalue weighted by Gasteiger charge is -2.27. The first-order valence-corrected chi connectivity index (χ1v) is 17.2. The average molecular weight is 618 g/mol. The molecule has 222 valence electrons. The minimum atomic E-state index is -0.0312. The molecule has 1 aliphatic carbocycles. The Kier molecular flexibility index (Phi) is 5.57. The van der Waals surface area contributed by atoms with Crippen molar-refractivity contribution in [1.29, 1.82) is 0 Å². The molecule has 0 spiro atoms. The van der Waals surface area contributed by atoms with E-state index in [-0.39, 0.29) is 5.41 Å². The largest absolute Gasteiger partial charge is 0.310 e. The van der Waals surface area contributed by atoms with Crippen molar-refractivity contribution in [3.63, 3.8) is 0 Å². The van der Waals surface area contributed by atoms with Crippen LogP contribution in [0.1, 0.15) is 25.0 Å². The first kappa shape index (κ1) is 26.7. The lowest BCUT2D eigenvalue weighted by atomic mass is 9.82. The maximum absolute atomic E-state index is 2.45. The highest BCUT2D eigenvalue weighted by Crippen LogP contribution is 2.51. The monoisotopic (exact) mass is 617 g/mol. The summed E-state index contributed by atoms with van der Waals surface area (Å²) in [4.78, 5) is 2.45. The van der Waals surface area contributed by atoms with Crippen molar-refractivity contribution in [3.8, 4) is 11.1 Å². The molecule has 10 rings (SSSR count). The molecule has 0 aliphatic heterocycles. The van der Waals surface area contributed by atoms with E-state index in [2.05, 4.69) is 170 Å². The number of fused-ring (bicyclic) bond motifs is 11. The second kappa shape index (κ2) is 9.78. The van der Waals surface area contributed by atoms with Crippen molar-refractivity contribution in [2.75, 3.05) is 4.90 Å². The standard InChI is InChI=1S/C45H31NS/c1-45(2)40-13-7-5-11-36(40)38-26-32(20-23-41(38)45)46(33-21-24-43-39(27-33)37-12-6-8-14-42(37)47-43)31-19-22-35-30(25-31)18-17-29-16-15-28-9-3-4-10-34(28)44(29)35/h3-27H,1-2H3. The maximum atomic E-state index is 2.45. The topological polar surface area (TPSA) is 3.24 Å². The zero-order chi connectivity index (χ0) is 31.3. The zero-order valence-corrected chi connectivity index (χ0v) is 27.1. The second-order valence-electron chi connectivity index (χ2n) is 13.4. The van der Waals surface area contributed by atoms with Gasteiger partial charge in [0.25, 0.3) is 0 Å². The van der Waals surface area contributed by atoms with Crippen molar-refractivity contribution in [2.24, 2.45) is 0 Å². The summed E-state index contributed by atoms with van der Waals surface area (Å²) in [6.45, 7) is 4.70. The summed E-state index contributed by atoms with van der Waals surface area (Å²) in [5.74, 6) is 0. The summed E-state index contributed by atoms with van der Waals surface area (Å²) >= 11 is 1.87. The van der Waals surface area contributed by atoms with Crippen LogP contribution in [0.3, 0.4) is 0 Å². The van der Waals surface area contributed by atoms with Gasteiger partial charge in [0.05, 0.1) is 0 Å². The third-order valence-corrected chi connectivity index (χ3v) is 11.6. The summed E-state index contributed by atoms with van der Waals surface area (Å²) in [6, 6.07) is 56.5. The van der Waals surface area contributed by atoms with Crippen LogP contribution in [-0.2, 0) is 5.41 Å². The Labute approximate surface area is 278 Å². The molecule has 9 aromatic rings. The van der Waals surface area contributed by atoms with Crippen LogP contribution in [-0.4, -0.2) is 0 Å². The van der Waals surface area contributed by atoms with Gasteiger partial charge in [-0.3, -0.25) is 0 Å². The second-order valence-corrected chi connectivity index (χ2v) is 14.5. The number of nitrogens with zero attached hydrogens (tertiary/aromatic N) is 1. The average Bonchev–Trinajstić information content (AvgIpc) is 3.59. The molecule has 1 heterocycles. The maximum Gasteiger partial charge on any atom is 0.0468 e. The number of hydrogen-bond acceptors (Lipinski definition) is 2. The predicted molar refractivity (Wildman–Crippen MR) is 204 cm³/mol. The molecule has 8 aromatic carbocycles. The van der Waals surface area contributed by atoms with Crippen molar-refractivity contribution in [3.05, 3.63) is 163 Å². The number of rotatable bonds is 3. The molecular formula is C45H31NS. The van der Waals surface area contributed by atoms with Gasteiger partial charge >= 0.3 is 0 Å². The van der Waals surface area contributed by atoms with Gasteiger partial charge in [-0.1, -0.05) is 117 Å². The van der Waals surface area contributed by atoms with Gasteiger partial charge in [-0.2, -0.15) is 0 Å². The van der Waals surface area contributed by atoms with Crippen LogP contribution < -0.4 is 4.90 Å². The molecular weight excluding hydrogens is 587 g/mol. The molecule has 0 atom stereocenters. The first-order chi connectivity index (χ1) is 23.0. The fraction of sp³-hybridized carbons (Fsp3) is 0.0667. The van der Waals surface area contributed by atoms with Gasteiger partial charge in [-0.25, -0.2) is 0 Å². The van der Waals surface area contributed by atoms with Gasteiger partial charge in [0, 0.05) is 42.6 Å². The van der Waals surface area contributed by atoms with Crippen LogP contribution in [0.25, 0.3) is 63.6 Å². The summed E-state index contributed by atoms with van der Waals surface area (Å²) < 4.78 is 2.64. The Morgan fingerprint density at radius 2 is 1.04 bits per heavy atom. The number of anilines is 3. The van der Waals surface area contributed by atoms with E-state index >= 15 is 0 Å². The van der Waals surface area contributed by atoms with Gasteiger partial charge in [0.15, 0.2) is 0 Å². The van der Waals surface area contributed by atoms with Gasteiger partial charge in [-0.15, -0.1) is 11.3 Å². The van der Waals surface area contributed by atoms with Crippen LogP contribution in [0.15, 0.2) is 152 Å². The summed E-state index contributed by atoms with van der Waals surface area (Å²) in [6.07, 6.45) is 0. The Hall–Kier alpha value is -5.44. The van der Waals surface area contributed by atoms with E-state index in [1.165, 1.54) is 80.4 Å². The van der Waals surface area contributed by atoms with Crippen LogP contribution in [0.4, 0.5) is 17.1 Å². The summed E-state index contributed by atoms with van der Waals surface area (Å²) in [5, 5.41) is 10.3. The summed E-state index contributed by atoms with van der Waals surface area (Å²) in [7, 11) is 0. The number of hydrogen-bond donors (Lipinski definition) is 0. The smallest absolute Gasteiger partial charge is 0.0468 e. The molecule has 2 heteroatoms. The van der Waals surface area contributed by atoms with Crippen LogP contribution >= 0.6 is 11.3 Å². The highest BCUT2D eigenvalue weighted by atomic mass is 32.1. The molecule has 0 amide bonds. The third-order valence-electron chi connectivity index (χ3n) is 10.4. The van der Waals surface area contributed by atoms with E-state index in [0.29, 0.717) is 0 Å². The van der Waals surface area contributed by atoms with Crippen LogP contribution in [0.2, 0.25) is 0 Å². The minimum Gasteiger partial charge on any atom is -0.310 e. The normalized spacial score (nSPS) is 13.5.